The molecule has 0 spiro atoms. The van der Waals surface area contributed by atoms with Gasteiger partial charge >= 0.3 is 0 Å². The molecule has 26 heavy (non-hydrogen) atoms. The van der Waals surface area contributed by atoms with Crippen LogP contribution in [0.5, 0.6) is 0 Å². The number of hydrogen-bond acceptors (Lipinski definition) is 0. The summed E-state index contributed by atoms with van der Waals surface area (Å²) in [7, 11) is 0. The largest absolute Gasteiger partial charge is 0.0654 e. The fraction of sp³-hybridized carbons (Fsp3) is 0.962. The second kappa shape index (κ2) is 23.0. The quantitative estimate of drug-likeness (QED) is 0.167. The van der Waals surface area contributed by atoms with E-state index in [2.05, 4.69) is 20.8 Å². The first-order valence-electron chi connectivity index (χ1n) is 12.6. The molecule has 0 fully saturated rings. The van der Waals surface area contributed by atoms with Crippen LogP contribution in [0.2, 0.25) is 0 Å². The SMILES string of the molecule is [CH2]CCCCCC(CCCCCCCC)CCCCCCCCCCC. The highest BCUT2D eigenvalue weighted by Gasteiger charge is 2.08. The maximum atomic E-state index is 3.99. The van der Waals surface area contributed by atoms with Gasteiger partial charge in [0.2, 0.25) is 0 Å². The maximum Gasteiger partial charge on any atom is -0.0414 e. The van der Waals surface area contributed by atoms with Gasteiger partial charge in [-0.2, -0.15) is 0 Å². The van der Waals surface area contributed by atoms with E-state index in [9.17, 15) is 0 Å². The van der Waals surface area contributed by atoms with Crippen molar-refractivity contribution in [1.82, 2.24) is 0 Å². The van der Waals surface area contributed by atoms with Crippen LogP contribution < -0.4 is 0 Å². The van der Waals surface area contributed by atoms with Crippen molar-refractivity contribution in [2.24, 2.45) is 5.92 Å². The van der Waals surface area contributed by atoms with Gasteiger partial charge < -0.3 is 0 Å². The number of unbranched alkanes of at least 4 members (excludes halogenated alkanes) is 16. The van der Waals surface area contributed by atoms with E-state index >= 15 is 0 Å². The minimum absolute atomic E-state index is 1.02. The van der Waals surface area contributed by atoms with Gasteiger partial charge in [-0.1, -0.05) is 162 Å². The van der Waals surface area contributed by atoms with Crippen LogP contribution in [0.4, 0.5) is 0 Å². The van der Waals surface area contributed by atoms with E-state index < -0.39 is 0 Å². The highest BCUT2D eigenvalue weighted by atomic mass is 14.1. The normalized spacial score (nSPS) is 12.6. The lowest BCUT2D eigenvalue weighted by molar-refractivity contribution is 0.367. The monoisotopic (exact) mass is 365 g/mol. The highest BCUT2D eigenvalue weighted by molar-refractivity contribution is 4.62. The molecule has 0 aliphatic rings. The van der Waals surface area contributed by atoms with Crippen molar-refractivity contribution in [1.29, 1.82) is 0 Å². The van der Waals surface area contributed by atoms with Crippen LogP contribution in [0, 0.1) is 12.8 Å². The number of hydrogen-bond donors (Lipinski definition) is 0. The average molecular weight is 366 g/mol. The van der Waals surface area contributed by atoms with Crippen molar-refractivity contribution in [3.05, 3.63) is 6.92 Å². The van der Waals surface area contributed by atoms with Crippen LogP contribution in [0.25, 0.3) is 0 Å². The topological polar surface area (TPSA) is 0 Å². The molecule has 0 nitrogen and oxygen atoms in total. The molecule has 0 aliphatic carbocycles. The molecule has 0 amide bonds. The summed E-state index contributed by atoms with van der Waals surface area (Å²) in [5.41, 5.74) is 0. The van der Waals surface area contributed by atoms with Gasteiger partial charge in [-0.25, -0.2) is 0 Å². The predicted octanol–water partition coefficient (Wildman–Crippen LogP) is 10.1. The molecule has 0 bridgehead atoms. The molecule has 0 aromatic carbocycles. The first-order chi connectivity index (χ1) is 12.8. The zero-order valence-electron chi connectivity index (χ0n) is 18.8. The zero-order chi connectivity index (χ0) is 19.1. The summed E-state index contributed by atoms with van der Waals surface area (Å²) in [6.07, 6.45) is 31.7. The minimum Gasteiger partial charge on any atom is -0.0654 e. The Morgan fingerprint density at radius 1 is 0.423 bits per heavy atom. The molecular formula is C26H53. The van der Waals surface area contributed by atoms with Crippen molar-refractivity contribution >= 4 is 0 Å². The third-order valence-electron chi connectivity index (χ3n) is 6.04. The Kier molecular flexibility index (Phi) is 23.0. The molecule has 0 rings (SSSR count). The molecule has 0 heterocycles. The van der Waals surface area contributed by atoms with E-state index in [1.54, 1.807) is 0 Å². The fourth-order valence-electron chi connectivity index (χ4n) is 4.18. The van der Waals surface area contributed by atoms with Crippen LogP contribution in [0.3, 0.4) is 0 Å². The van der Waals surface area contributed by atoms with Gasteiger partial charge in [0.1, 0.15) is 0 Å². The second-order valence-electron chi connectivity index (χ2n) is 8.74. The van der Waals surface area contributed by atoms with Gasteiger partial charge in [0, 0.05) is 0 Å². The molecule has 1 unspecified atom stereocenters. The Hall–Kier alpha value is 0. The first kappa shape index (κ1) is 26.0. The summed E-state index contributed by atoms with van der Waals surface area (Å²) in [4.78, 5) is 0. The van der Waals surface area contributed by atoms with Gasteiger partial charge in [0.15, 0.2) is 0 Å². The van der Waals surface area contributed by atoms with E-state index in [1.807, 2.05) is 0 Å². The molecule has 0 saturated heterocycles. The van der Waals surface area contributed by atoms with Crippen LogP contribution in [-0.4, -0.2) is 0 Å². The lowest BCUT2D eigenvalue weighted by Gasteiger charge is -2.17. The maximum absolute atomic E-state index is 3.99. The van der Waals surface area contributed by atoms with Crippen molar-refractivity contribution in [3.8, 4) is 0 Å². The molecule has 0 aliphatic heterocycles. The van der Waals surface area contributed by atoms with Crippen LogP contribution in [0.1, 0.15) is 155 Å². The van der Waals surface area contributed by atoms with Gasteiger partial charge in [-0.3, -0.25) is 0 Å². The van der Waals surface area contributed by atoms with Gasteiger partial charge in [0.25, 0.3) is 0 Å². The van der Waals surface area contributed by atoms with Crippen LogP contribution in [-0.2, 0) is 0 Å². The molecular weight excluding hydrogens is 312 g/mol. The van der Waals surface area contributed by atoms with Crippen LogP contribution >= 0.6 is 0 Å². The molecule has 1 radical (unpaired) electrons. The smallest absolute Gasteiger partial charge is 0.0414 e. The lowest BCUT2D eigenvalue weighted by atomic mass is 9.89. The first-order valence-corrected chi connectivity index (χ1v) is 12.6. The number of rotatable bonds is 22. The summed E-state index contributed by atoms with van der Waals surface area (Å²) in [6.45, 7) is 8.61. The Labute approximate surface area is 168 Å². The van der Waals surface area contributed by atoms with Gasteiger partial charge in [-0.05, 0) is 5.92 Å². The van der Waals surface area contributed by atoms with E-state index in [0.717, 1.165) is 12.3 Å². The summed E-state index contributed by atoms with van der Waals surface area (Å²) in [5.74, 6) is 1.02. The Morgan fingerprint density at radius 3 is 1.08 bits per heavy atom. The van der Waals surface area contributed by atoms with E-state index in [4.69, 9.17) is 0 Å². The average Bonchev–Trinajstić information content (AvgIpc) is 2.65. The van der Waals surface area contributed by atoms with Crippen LogP contribution in [0.15, 0.2) is 0 Å². The fourth-order valence-corrected chi connectivity index (χ4v) is 4.18. The van der Waals surface area contributed by atoms with Crippen molar-refractivity contribution in [3.63, 3.8) is 0 Å². The predicted molar refractivity (Wildman–Crippen MR) is 122 cm³/mol. The summed E-state index contributed by atoms with van der Waals surface area (Å²) < 4.78 is 0. The molecule has 0 saturated carbocycles. The van der Waals surface area contributed by atoms with E-state index in [0.29, 0.717) is 0 Å². The lowest BCUT2D eigenvalue weighted by Crippen LogP contribution is -2.01. The molecule has 0 heteroatoms. The summed E-state index contributed by atoms with van der Waals surface area (Å²) in [5, 5.41) is 0. The molecule has 0 aromatic rings. The second-order valence-corrected chi connectivity index (χ2v) is 8.74. The highest BCUT2D eigenvalue weighted by Crippen LogP contribution is 2.24. The van der Waals surface area contributed by atoms with Crippen molar-refractivity contribution in [2.45, 2.75) is 155 Å². The summed E-state index contributed by atoms with van der Waals surface area (Å²) in [6, 6.07) is 0. The zero-order valence-corrected chi connectivity index (χ0v) is 18.8. The minimum atomic E-state index is 1.02. The standard InChI is InChI=1S/C26H53/c1-4-7-10-13-15-16-17-19-22-25-26(23-20-12-9-6-3)24-21-18-14-11-8-5-2/h26H,3-25H2,1-2H3. The van der Waals surface area contributed by atoms with Gasteiger partial charge in [-0.15, -0.1) is 0 Å². The van der Waals surface area contributed by atoms with E-state index in [1.165, 1.54) is 135 Å². The summed E-state index contributed by atoms with van der Waals surface area (Å²) >= 11 is 0. The Balaban J connectivity index is 3.68. The molecule has 157 valence electrons. The van der Waals surface area contributed by atoms with Crippen molar-refractivity contribution in [2.75, 3.05) is 0 Å². The van der Waals surface area contributed by atoms with Crippen molar-refractivity contribution < 1.29 is 0 Å². The Bertz CT molecular complexity index is 232. The molecule has 1 atom stereocenters. The molecule has 0 N–H and O–H groups in total. The third-order valence-corrected chi connectivity index (χ3v) is 6.04. The third kappa shape index (κ3) is 20.3. The molecule has 0 aromatic heterocycles. The Morgan fingerprint density at radius 2 is 0.731 bits per heavy atom. The van der Waals surface area contributed by atoms with Gasteiger partial charge in [0.05, 0.1) is 0 Å². The van der Waals surface area contributed by atoms with E-state index in [-0.39, 0.29) is 0 Å².